The first-order chi connectivity index (χ1) is 8.72. The molecule has 2 rings (SSSR count). The molecule has 0 spiro atoms. The van der Waals surface area contributed by atoms with Gasteiger partial charge in [-0.25, -0.2) is 0 Å². The number of carbonyl (C=O) groups is 2. The zero-order valence-corrected chi connectivity index (χ0v) is 9.97. The normalized spacial score (nSPS) is 10.1. The summed E-state index contributed by atoms with van der Waals surface area (Å²) in [6.07, 6.45) is 0. The van der Waals surface area contributed by atoms with E-state index in [1.807, 2.05) is 36.4 Å². The van der Waals surface area contributed by atoms with Crippen LogP contribution in [0.3, 0.4) is 0 Å². The van der Waals surface area contributed by atoms with Crippen LogP contribution in [-0.2, 0) is 9.53 Å². The van der Waals surface area contributed by atoms with Crippen molar-refractivity contribution in [3.05, 3.63) is 48.0 Å². The first-order valence-electron chi connectivity index (χ1n) is 5.55. The van der Waals surface area contributed by atoms with Crippen molar-refractivity contribution >= 4 is 22.6 Å². The summed E-state index contributed by atoms with van der Waals surface area (Å²) in [4.78, 5) is 22.9. The minimum Gasteiger partial charge on any atom is -0.468 e. The first-order valence-corrected chi connectivity index (χ1v) is 5.55. The second-order valence-corrected chi connectivity index (χ2v) is 3.79. The number of fused-ring (bicyclic) bond motifs is 1. The SMILES string of the molecule is COC(=O)CNC(=O)c1cccc2ccccc12. The van der Waals surface area contributed by atoms with Gasteiger partial charge in [0.15, 0.2) is 0 Å². The van der Waals surface area contributed by atoms with Crippen LogP contribution in [-0.4, -0.2) is 25.5 Å². The minimum atomic E-state index is -0.469. The van der Waals surface area contributed by atoms with Crippen LogP contribution >= 0.6 is 0 Å². The highest BCUT2D eigenvalue weighted by Crippen LogP contribution is 2.18. The zero-order chi connectivity index (χ0) is 13.0. The van der Waals surface area contributed by atoms with Gasteiger partial charge in [0.1, 0.15) is 6.54 Å². The number of ether oxygens (including phenoxy) is 1. The lowest BCUT2D eigenvalue weighted by Gasteiger charge is -2.07. The van der Waals surface area contributed by atoms with Crippen molar-refractivity contribution in [3.63, 3.8) is 0 Å². The fourth-order valence-corrected chi connectivity index (χ4v) is 1.74. The molecule has 92 valence electrons. The van der Waals surface area contributed by atoms with Crippen LogP contribution < -0.4 is 5.32 Å². The van der Waals surface area contributed by atoms with Crippen molar-refractivity contribution in [2.24, 2.45) is 0 Å². The Labute approximate surface area is 105 Å². The van der Waals surface area contributed by atoms with E-state index in [1.54, 1.807) is 6.07 Å². The van der Waals surface area contributed by atoms with E-state index in [2.05, 4.69) is 10.1 Å². The standard InChI is InChI=1S/C14H13NO3/c1-18-13(16)9-15-14(17)12-8-4-6-10-5-2-3-7-11(10)12/h2-8H,9H2,1H3,(H,15,17). The molecule has 0 aliphatic rings. The lowest BCUT2D eigenvalue weighted by Crippen LogP contribution is -2.30. The number of esters is 1. The van der Waals surface area contributed by atoms with Gasteiger partial charge in [-0.15, -0.1) is 0 Å². The summed E-state index contributed by atoms with van der Waals surface area (Å²) in [6, 6.07) is 13.1. The molecular formula is C14H13NO3. The van der Waals surface area contributed by atoms with Crippen LogP contribution in [0.4, 0.5) is 0 Å². The Bertz CT molecular complexity index is 587. The predicted molar refractivity (Wildman–Crippen MR) is 68.3 cm³/mol. The maximum atomic E-state index is 12.0. The van der Waals surface area contributed by atoms with E-state index in [0.717, 1.165) is 10.8 Å². The molecule has 0 aliphatic carbocycles. The molecule has 1 N–H and O–H groups in total. The fraction of sp³-hybridized carbons (Fsp3) is 0.143. The van der Waals surface area contributed by atoms with E-state index < -0.39 is 5.97 Å². The van der Waals surface area contributed by atoms with Crippen molar-refractivity contribution in [1.29, 1.82) is 0 Å². The quantitative estimate of drug-likeness (QED) is 0.835. The van der Waals surface area contributed by atoms with Gasteiger partial charge in [0.2, 0.25) is 0 Å². The third-order valence-electron chi connectivity index (χ3n) is 2.66. The van der Waals surface area contributed by atoms with E-state index in [-0.39, 0.29) is 12.5 Å². The molecule has 2 aromatic carbocycles. The highest BCUT2D eigenvalue weighted by molar-refractivity contribution is 6.07. The molecule has 0 aromatic heterocycles. The second-order valence-electron chi connectivity index (χ2n) is 3.79. The predicted octanol–water partition coefficient (Wildman–Crippen LogP) is 1.74. The van der Waals surface area contributed by atoms with Crippen LogP contribution in [0.5, 0.6) is 0 Å². The molecule has 4 nitrogen and oxygen atoms in total. The molecule has 0 aliphatic heterocycles. The molecule has 0 bridgehead atoms. The Morgan fingerprint density at radius 3 is 2.61 bits per heavy atom. The maximum absolute atomic E-state index is 12.0. The number of benzene rings is 2. The van der Waals surface area contributed by atoms with E-state index in [9.17, 15) is 9.59 Å². The van der Waals surface area contributed by atoms with E-state index in [4.69, 9.17) is 0 Å². The van der Waals surface area contributed by atoms with E-state index in [1.165, 1.54) is 7.11 Å². The number of hydrogen-bond acceptors (Lipinski definition) is 3. The molecule has 0 atom stereocenters. The van der Waals surface area contributed by atoms with Gasteiger partial charge in [0, 0.05) is 5.56 Å². The molecule has 18 heavy (non-hydrogen) atoms. The lowest BCUT2D eigenvalue weighted by molar-refractivity contribution is -0.139. The summed E-state index contributed by atoms with van der Waals surface area (Å²) in [5, 5.41) is 4.38. The van der Waals surface area contributed by atoms with Crippen LogP contribution in [0.25, 0.3) is 10.8 Å². The molecule has 0 fully saturated rings. The largest absolute Gasteiger partial charge is 0.468 e. The van der Waals surface area contributed by atoms with E-state index in [0.29, 0.717) is 5.56 Å². The van der Waals surface area contributed by atoms with E-state index >= 15 is 0 Å². The average molecular weight is 243 g/mol. The molecular weight excluding hydrogens is 230 g/mol. The number of hydrogen-bond donors (Lipinski definition) is 1. The molecule has 0 saturated carbocycles. The number of amides is 1. The Kier molecular flexibility index (Phi) is 3.57. The molecule has 4 heteroatoms. The summed E-state index contributed by atoms with van der Waals surface area (Å²) in [6.45, 7) is -0.126. The van der Waals surface area contributed by atoms with Gasteiger partial charge in [-0.2, -0.15) is 0 Å². The van der Waals surface area contributed by atoms with Gasteiger partial charge in [-0.1, -0.05) is 36.4 Å². The van der Waals surface area contributed by atoms with Crippen LogP contribution in [0.1, 0.15) is 10.4 Å². The number of rotatable bonds is 3. The Balaban J connectivity index is 2.25. The fourth-order valence-electron chi connectivity index (χ4n) is 1.74. The molecule has 0 saturated heterocycles. The average Bonchev–Trinajstić information content (AvgIpc) is 2.43. The maximum Gasteiger partial charge on any atom is 0.325 e. The van der Waals surface area contributed by atoms with Crippen LogP contribution in [0.15, 0.2) is 42.5 Å². The van der Waals surface area contributed by atoms with Crippen molar-refractivity contribution in [1.82, 2.24) is 5.32 Å². The third kappa shape index (κ3) is 2.48. The number of methoxy groups -OCH3 is 1. The van der Waals surface area contributed by atoms with Gasteiger partial charge in [0.25, 0.3) is 5.91 Å². The van der Waals surface area contributed by atoms with Crippen molar-refractivity contribution in [2.75, 3.05) is 13.7 Å². The Morgan fingerprint density at radius 1 is 1.11 bits per heavy atom. The molecule has 1 amide bonds. The summed E-state index contributed by atoms with van der Waals surface area (Å²) in [5.74, 6) is -0.749. The van der Waals surface area contributed by atoms with Gasteiger partial charge >= 0.3 is 5.97 Å². The second kappa shape index (κ2) is 5.31. The van der Waals surface area contributed by atoms with Crippen LogP contribution in [0, 0.1) is 0 Å². The Hall–Kier alpha value is -2.36. The molecule has 0 unspecified atom stereocenters. The third-order valence-corrected chi connectivity index (χ3v) is 2.66. The highest BCUT2D eigenvalue weighted by Gasteiger charge is 2.10. The molecule has 0 heterocycles. The summed E-state index contributed by atoms with van der Waals surface area (Å²) in [5.41, 5.74) is 0.553. The molecule has 0 radical (unpaired) electrons. The van der Waals surface area contributed by atoms with Gasteiger partial charge in [0.05, 0.1) is 7.11 Å². The number of nitrogens with one attached hydrogen (secondary N) is 1. The lowest BCUT2D eigenvalue weighted by atomic mass is 10.0. The Morgan fingerprint density at radius 2 is 1.83 bits per heavy atom. The first kappa shape index (κ1) is 12.1. The summed E-state index contributed by atoms with van der Waals surface area (Å²) >= 11 is 0. The monoisotopic (exact) mass is 243 g/mol. The van der Waals surface area contributed by atoms with Crippen LogP contribution in [0.2, 0.25) is 0 Å². The van der Waals surface area contributed by atoms with Crippen molar-refractivity contribution < 1.29 is 14.3 Å². The summed E-state index contributed by atoms with van der Waals surface area (Å²) in [7, 11) is 1.28. The highest BCUT2D eigenvalue weighted by atomic mass is 16.5. The van der Waals surface area contributed by atoms with Gasteiger partial charge in [-0.05, 0) is 16.8 Å². The summed E-state index contributed by atoms with van der Waals surface area (Å²) < 4.78 is 4.47. The van der Waals surface area contributed by atoms with Gasteiger partial charge < -0.3 is 10.1 Å². The smallest absolute Gasteiger partial charge is 0.325 e. The minimum absolute atomic E-state index is 0.126. The zero-order valence-electron chi connectivity index (χ0n) is 9.97. The molecule has 2 aromatic rings. The van der Waals surface area contributed by atoms with Gasteiger partial charge in [-0.3, -0.25) is 9.59 Å². The van der Waals surface area contributed by atoms with Crippen molar-refractivity contribution in [3.8, 4) is 0 Å². The topological polar surface area (TPSA) is 55.4 Å². The number of carbonyl (C=O) groups excluding carboxylic acids is 2. The van der Waals surface area contributed by atoms with Crippen molar-refractivity contribution in [2.45, 2.75) is 0 Å².